The van der Waals surface area contributed by atoms with Crippen molar-refractivity contribution in [1.29, 1.82) is 0 Å². The normalized spacial score (nSPS) is 22.6. The van der Waals surface area contributed by atoms with E-state index in [4.69, 9.17) is 10.5 Å². The quantitative estimate of drug-likeness (QED) is 0.581. The van der Waals surface area contributed by atoms with E-state index in [9.17, 15) is 9.59 Å². The molecule has 4 aliphatic rings. The van der Waals surface area contributed by atoms with E-state index in [0.717, 1.165) is 36.5 Å². The second kappa shape index (κ2) is 11.7. The number of likely N-dealkylation sites (tertiary alicyclic amines) is 1. The van der Waals surface area contributed by atoms with Crippen LogP contribution in [0.5, 0.6) is 6.01 Å². The molecule has 10 heteroatoms. The molecule has 39 heavy (non-hydrogen) atoms. The van der Waals surface area contributed by atoms with Gasteiger partial charge < -0.3 is 25.2 Å². The van der Waals surface area contributed by atoms with Crippen molar-refractivity contribution in [2.75, 3.05) is 51.8 Å². The summed E-state index contributed by atoms with van der Waals surface area (Å²) in [7, 11) is 3.73. The molecule has 4 heterocycles. The molecule has 2 atom stereocenters. The van der Waals surface area contributed by atoms with Crippen LogP contribution in [0.4, 0.5) is 5.82 Å². The highest BCUT2D eigenvalue weighted by Crippen LogP contribution is 2.42. The van der Waals surface area contributed by atoms with Crippen molar-refractivity contribution in [2.24, 2.45) is 5.73 Å². The third kappa shape index (κ3) is 5.62. The fraction of sp³-hybridized carbons (Fsp3) is 0.517. The van der Waals surface area contributed by atoms with E-state index in [1.54, 1.807) is 7.11 Å². The summed E-state index contributed by atoms with van der Waals surface area (Å²) in [6.45, 7) is 8.78. The molecule has 1 aliphatic carbocycles. The highest BCUT2D eigenvalue weighted by atomic mass is 16.5. The van der Waals surface area contributed by atoms with Crippen molar-refractivity contribution >= 4 is 17.6 Å². The number of carbonyl (C=O) groups excluding carboxylic acids is 2. The van der Waals surface area contributed by atoms with Gasteiger partial charge in [0.05, 0.1) is 12.8 Å². The minimum Gasteiger partial charge on any atom is -0.467 e. The number of methoxy groups -OCH3 is 1. The number of nitrogens with zero attached hydrogens (tertiary/aromatic N) is 6. The number of primary amides is 1. The van der Waals surface area contributed by atoms with E-state index >= 15 is 0 Å². The summed E-state index contributed by atoms with van der Waals surface area (Å²) < 4.78 is 5.40. The Morgan fingerprint density at radius 1 is 1.10 bits per heavy atom. The van der Waals surface area contributed by atoms with Crippen LogP contribution in [-0.2, 0) is 29.1 Å². The molecular weight excluding hydrogens is 494 g/mol. The Morgan fingerprint density at radius 3 is 2.54 bits per heavy atom. The molecule has 0 spiro atoms. The Bertz CT molecular complexity index is 1230. The predicted octanol–water partition coefficient (Wildman–Crippen LogP) is 1.89. The molecule has 0 radical (unpaired) electrons. The van der Waals surface area contributed by atoms with Gasteiger partial charge in [0.1, 0.15) is 11.9 Å². The first-order valence-corrected chi connectivity index (χ1v) is 13.8. The van der Waals surface area contributed by atoms with Gasteiger partial charge in [-0.3, -0.25) is 14.5 Å². The zero-order valence-corrected chi connectivity index (χ0v) is 23.0. The standard InChI is InChI=1S/C24H28N6O3.C5H11N/c1-3-21(31)30-11-10-28(14-20(30)22(25)32)23-17-12-29(13-18(17)26-24(27-23)33-2)19-9-8-15-6-4-5-7-16(15)19;1-6-4-2-3-5-6/h3-7,19-20H,1,8-14H2,2H3,(H2,25,32);2-5H2,1H3. The third-order valence-electron chi connectivity index (χ3n) is 8.28. The van der Waals surface area contributed by atoms with Crippen LogP contribution in [0.2, 0.25) is 0 Å². The molecule has 6 rings (SSSR count). The Kier molecular flexibility index (Phi) is 8.13. The zero-order chi connectivity index (χ0) is 27.5. The number of hydrogen-bond acceptors (Lipinski definition) is 8. The molecule has 2 fully saturated rings. The van der Waals surface area contributed by atoms with Crippen LogP contribution in [0.1, 0.15) is 47.7 Å². The number of piperazine rings is 1. The molecule has 1 aromatic carbocycles. The van der Waals surface area contributed by atoms with Gasteiger partial charge in [-0.1, -0.05) is 30.8 Å². The van der Waals surface area contributed by atoms with E-state index in [2.05, 4.69) is 57.7 Å². The predicted molar refractivity (Wildman–Crippen MR) is 149 cm³/mol. The van der Waals surface area contributed by atoms with Gasteiger partial charge in [0, 0.05) is 44.3 Å². The van der Waals surface area contributed by atoms with Crippen molar-refractivity contribution in [3.63, 3.8) is 0 Å². The molecule has 208 valence electrons. The summed E-state index contributed by atoms with van der Waals surface area (Å²) in [6.07, 6.45) is 6.20. The lowest BCUT2D eigenvalue weighted by atomic mass is 10.1. The average Bonchev–Trinajstić information content (AvgIpc) is 3.71. The van der Waals surface area contributed by atoms with Gasteiger partial charge in [-0.25, -0.2) is 0 Å². The van der Waals surface area contributed by atoms with Gasteiger partial charge in [0.25, 0.3) is 0 Å². The maximum Gasteiger partial charge on any atom is 0.318 e. The smallest absolute Gasteiger partial charge is 0.318 e. The Balaban J connectivity index is 0.000000455. The van der Waals surface area contributed by atoms with E-state index < -0.39 is 11.9 Å². The molecule has 2 saturated heterocycles. The largest absolute Gasteiger partial charge is 0.467 e. The number of aryl methyl sites for hydroxylation is 1. The van der Waals surface area contributed by atoms with Gasteiger partial charge in [0.15, 0.2) is 0 Å². The minimum atomic E-state index is -0.750. The van der Waals surface area contributed by atoms with Crippen molar-refractivity contribution in [3.05, 3.63) is 59.3 Å². The molecule has 1 aromatic heterocycles. The number of carbonyl (C=O) groups is 2. The van der Waals surface area contributed by atoms with Crippen molar-refractivity contribution in [1.82, 2.24) is 24.7 Å². The zero-order valence-electron chi connectivity index (χ0n) is 23.0. The van der Waals surface area contributed by atoms with Crippen molar-refractivity contribution in [2.45, 2.75) is 50.9 Å². The molecule has 2 unspecified atom stereocenters. The van der Waals surface area contributed by atoms with Crippen LogP contribution in [0.25, 0.3) is 0 Å². The summed E-state index contributed by atoms with van der Waals surface area (Å²) in [5, 5.41) is 0. The van der Waals surface area contributed by atoms with E-state index in [-0.39, 0.29) is 12.5 Å². The highest BCUT2D eigenvalue weighted by molar-refractivity contribution is 5.92. The highest BCUT2D eigenvalue weighted by Gasteiger charge is 2.38. The Labute approximate surface area is 230 Å². The lowest BCUT2D eigenvalue weighted by Crippen LogP contribution is -2.60. The maximum atomic E-state index is 12.2. The lowest BCUT2D eigenvalue weighted by molar-refractivity contribution is -0.136. The first-order valence-electron chi connectivity index (χ1n) is 13.8. The van der Waals surface area contributed by atoms with Crippen LogP contribution in [0.3, 0.4) is 0 Å². The van der Waals surface area contributed by atoms with Gasteiger partial charge >= 0.3 is 6.01 Å². The van der Waals surface area contributed by atoms with Gasteiger partial charge in [0.2, 0.25) is 11.8 Å². The number of anilines is 1. The van der Waals surface area contributed by atoms with Crippen LogP contribution in [0.15, 0.2) is 36.9 Å². The number of amides is 2. The number of rotatable bonds is 5. The number of hydrogen-bond donors (Lipinski definition) is 1. The fourth-order valence-corrected chi connectivity index (χ4v) is 6.20. The second-order valence-corrected chi connectivity index (χ2v) is 10.7. The number of benzene rings is 1. The van der Waals surface area contributed by atoms with E-state index in [0.29, 0.717) is 31.7 Å². The summed E-state index contributed by atoms with van der Waals surface area (Å²) in [6, 6.07) is 8.52. The number of ether oxygens (including phenoxy) is 1. The second-order valence-electron chi connectivity index (χ2n) is 10.7. The molecule has 0 saturated carbocycles. The molecule has 2 amide bonds. The summed E-state index contributed by atoms with van der Waals surface area (Å²) in [5.41, 5.74) is 10.4. The molecule has 3 aliphatic heterocycles. The molecular formula is C29H39N7O3. The van der Waals surface area contributed by atoms with Crippen LogP contribution < -0.4 is 15.4 Å². The van der Waals surface area contributed by atoms with Crippen molar-refractivity contribution < 1.29 is 14.3 Å². The monoisotopic (exact) mass is 533 g/mol. The summed E-state index contributed by atoms with van der Waals surface area (Å²) in [5.74, 6) is -0.0886. The molecule has 10 nitrogen and oxygen atoms in total. The minimum absolute atomic E-state index is 0.272. The topological polar surface area (TPSA) is 108 Å². The first kappa shape index (κ1) is 27.1. The fourth-order valence-electron chi connectivity index (χ4n) is 6.20. The van der Waals surface area contributed by atoms with Gasteiger partial charge in [-0.2, -0.15) is 9.97 Å². The Hall–Kier alpha value is -3.50. The van der Waals surface area contributed by atoms with Crippen LogP contribution in [-0.4, -0.2) is 89.4 Å². The number of aromatic nitrogens is 2. The van der Waals surface area contributed by atoms with Crippen molar-refractivity contribution in [3.8, 4) is 6.01 Å². The average molecular weight is 534 g/mol. The lowest BCUT2D eigenvalue weighted by Gasteiger charge is -2.40. The summed E-state index contributed by atoms with van der Waals surface area (Å²) in [4.78, 5) is 42.0. The van der Waals surface area contributed by atoms with Gasteiger partial charge in [-0.05, 0) is 63.0 Å². The molecule has 0 bridgehead atoms. The van der Waals surface area contributed by atoms with Gasteiger partial charge in [-0.15, -0.1) is 0 Å². The molecule has 2 N–H and O–H groups in total. The number of nitrogens with two attached hydrogens (primary N) is 1. The molecule has 2 aromatic rings. The maximum absolute atomic E-state index is 12.2. The summed E-state index contributed by atoms with van der Waals surface area (Å²) >= 11 is 0. The first-order chi connectivity index (χ1) is 18.9. The number of fused-ring (bicyclic) bond motifs is 2. The SMILES string of the molecule is C=CC(=O)N1CCN(c2nc(OC)nc3c2CN(C2CCc4ccccc42)C3)CC1C(N)=O.CN1CCCC1. The third-order valence-corrected chi connectivity index (χ3v) is 8.28. The van der Waals surface area contributed by atoms with E-state index in [1.807, 2.05) is 4.90 Å². The van der Waals surface area contributed by atoms with Crippen LogP contribution >= 0.6 is 0 Å². The van der Waals surface area contributed by atoms with E-state index in [1.165, 1.54) is 48.0 Å². The Morgan fingerprint density at radius 2 is 1.87 bits per heavy atom. The van der Waals surface area contributed by atoms with Crippen LogP contribution in [0, 0.1) is 0 Å².